The average molecular weight is 273 g/mol. The zero-order valence-corrected chi connectivity index (χ0v) is 10.5. The number of pyridine rings is 1. The molecule has 94 valence electrons. The van der Waals surface area contributed by atoms with E-state index in [0.717, 1.165) is 5.39 Å². The Hall–Kier alpha value is -2.33. The van der Waals surface area contributed by atoms with Gasteiger partial charge in [-0.1, -0.05) is 11.6 Å². The molecule has 0 aliphatic heterocycles. The molecule has 0 saturated carbocycles. The second kappa shape index (κ2) is 4.74. The van der Waals surface area contributed by atoms with Crippen molar-refractivity contribution < 1.29 is 9.21 Å². The largest absolute Gasteiger partial charge is 0.451 e. The molecule has 0 saturated heterocycles. The van der Waals surface area contributed by atoms with Gasteiger partial charge in [0.1, 0.15) is 5.58 Å². The highest BCUT2D eigenvalue weighted by Crippen LogP contribution is 2.23. The third-order valence-electron chi connectivity index (χ3n) is 2.64. The average Bonchev–Trinajstić information content (AvgIpc) is 2.83. The third kappa shape index (κ3) is 2.44. The predicted molar refractivity (Wildman–Crippen MR) is 73.4 cm³/mol. The van der Waals surface area contributed by atoms with Gasteiger partial charge in [0.15, 0.2) is 5.76 Å². The summed E-state index contributed by atoms with van der Waals surface area (Å²) in [6, 6.07) is 10.3. The van der Waals surface area contributed by atoms with Crippen LogP contribution in [-0.4, -0.2) is 10.9 Å². The normalized spacial score (nSPS) is 10.6. The van der Waals surface area contributed by atoms with Crippen LogP contribution in [0.25, 0.3) is 11.0 Å². The molecule has 0 aliphatic carbocycles. The Morgan fingerprint density at radius 2 is 1.95 bits per heavy atom. The van der Waals surface area contributed by atoms with E-state index in [2.05, 4.69) is 10.3 Å². The molecule has 1 N–H and O–H groups in total. The minimum absolute atomic E-state index is 0.245. The van der Waals surface area contributed by atoms with E-state index in [9.17, 15) is 4.79 Å². The lowest BCUT2D eigenvalue weighted by molar-refractivity contribution is 0.0998. The first-order valence-electron chi connectivity index (χ1n) is 5.63. The van der Waals surface area contributed by atoms with E-state index in [4.69, 9.17) is 16.0 Å². The van der Waals surface area contributed by atoms with Gasteiger partial charge in [0.25, 0.3) is 5.91 Å². The maximum atomic E-state index is 12.0. The van der Waals surface area contributed by atoms with Crippen LogP contribution in [0.3, 0.4) is 0 Å². The Balaban J connectivity index is 1.89. The molecule has 1 amide bonds. The van der Waals surface area contributed by atoms with Gasteiger partial charge < -0.3 is 9.73 Å². The number of nitrogens with one attached hydrogen (secondary N) is 1. The lowest BCUT2D eigenvalue weighted by Crippen LogP contribution is -2.10. The molecule has 0 spiro atoms. The number of rotatable bonds is 2. The number of nitrogens with zero attached hydrogens (tertiary/aromatic N) is 1. The van der Waals surface area contributed by atoms with Crippen LogP contribution in [0.2, 0.25) is 5.02 Å². The quantitative estimate of drug-likeness (QED) is 0.773. The van der Waals surface area contributed by atoms with Crippen molar-refractivity contribution in [2.24, 2.45) is 0 Å². The lowest BCUT2D eigenvalue weighted by Gasteiger charge is -2.01. The van der Waals surface area contributed by atoms with Gasteiger partial charge in [-0.3, -0.25) is 9.78 Å². The molecule has 1 aromatic carbocycles. The molecular weight excluding hydrogens is 264 g/mol. The molecule has 0 bridgehead atoms. The van der Waals surface area contributed by atoms with Gasteiger partial charge in [-0.2, -0.15) is 0 Å². The van der Waals surface area contributed by atoms with Crippen LogP contribution in [0.5, 0.6) is 0 Å². The van der Waals surface area contributed by atoms with Crippen molar-refractivity contribution in [1.29, 1.82) is 0 Å². The molecule has 3 rings (SSSR count). The second-order valence-electron chi connectivity index (χ2n) is 3.98. The number of amides is 1. The topological polar surface area (TPSA) is 55.1 Å². The minimum Gasteiger partial charge on any atom is -0.451 e. The first-order valence-corrected chi connectivity index (χ1v) is 6.01. The minimum atomic E-state index is -0.307. The van der Waals surface area contributed by atoms with Crippen molar-refractivity contribution >= 4 is 34.2 Å². The highest BCUT2D eigenvalue weighted by Gasteiger charge is 2.12. The zero-order valence-electron chi connectivity index (χ0n) is 9.76. The van der Waals surface area contributed by atoms with E-state index in [1.807, 2.05) is 0 Å². The van der Waals surface area contributed by atoms with Crippen LogP contribution in [0.15, 0.2) is 53.2 Å². The van der Waals surface area contributed by atoms with E-state index in [1.165, 1.54) is 0 Å². The Morgan fingerprint density at radius 3 is 2.74 bits per heavy atom. The fourth-order valence-corrected chi connectivity index (χ4v) is 1.93. The summed E-state index contributed by atoms with van der Waals surface area (Å²) in [5.74, 6) is -0.0624. The molecule has 19 heavy (non-hydrogen) atoms. The molecule has 3 aromatic rings. The van der Waals surface area contributed by atoms with E-state index in [1.54, 1.807) is 48.8 Å². The molecule has 0 fully saturated rings. The number of benzene rings is 1. The van der Waals surface area contributed by atoms with Gasteiger partial charge in [0, 0.05) is 28.5 Å². The first-order chi connectivity index (χ1) is 9.22. The van der Waals surface area contributed by atoms with Crippen molar-refractivity contribution in [1.82, 2.24) is 4.98 Å². The van der Waals surface area contributed by atoms with Crippen LogP contribution < -0.4 is 5.32 Å². The number of carbonyl (C=O) groups excluding carboxylic acids is 1. The molecule has 0 aliphatic rings. The summed E-state index contributed by atoms with van der Waals surface area (Å²) in [6.45, 7) is 0. The van der Waals surface area contributed by atoms with Gasteiger partial charge in [-0.25, -0.2) is 0 Å². The molecule has 0 unspecified atom stereocenters. The van der Waals surface area contributed by atoms with Crippen LogP contribution in [0.4, 0.5) is 5.69 Å². The van der Waals surface area contributed by atoms with E-state index < -0.39 is 0 Å². The monoisotopic (exact) mass is 272 g/mol. The number of hydrogen-bond donors (Lipinski definition) is 1. The van der Waals surface area contributed by atoms with Crippen molar-refractivity contribution in [3.05, 3.63) is 59.6 Å². The summed E-state index contributed by atoms with van der Waals surface area (Å²) in [7, 11) is 0. The summed E-state index contributed by atoms with van der Waals surface area (Å²) in [5.41, 5.74) is 1.29. The molecule has 0 atom stereocenters. The fraction of sp³-hybridized carbons (Fsp3) is 0. The summed E-state index contributed by atoms with van der Waals surface area (Å²) >= 11 is 5.89. The highest BCUT2D eigenvalue weighted by molar-refractivity contribution is 6.31. The van der Waals surface area contributed by atoms with Crippen LogP contribution >= 0.6 is 11.6 Å². The predicted octanol–water partition coefficient (Wildman–Crippen LogP) is 3.73. The standard InChI is InChI=1S/C14H9ClN2O2/c15-10-1-2-12-9(7-10)8-13(19-12)14(18)17-11-3-5-16-6-4-11/h1-8H,(H,16,17,18). The van der Waals surface area contributed by atoms with Crippen molar-refractivity contribution in [3.63, 3.8) is 0 Å². The van der Waals surface area contributed by atoms with Gasteiger partial charge >= 0.3 is 0 Å². The smallest absolute Gasteiger partial charge is 0.291 e. The molecule has 0 radical (unpaired) electrons. The number of carbonyl (C=O) groups is 1. The fourth-order valence-electron chi connectivity index (χ4n) is 1.75. The van der Waals surface area contributed by atoms with Crippen molar-refractivity contribution in [2.75, 3.05) is 5.32 Å². The summed E-state index contributed by atoms with van der Waals surface area (Å²) in [5, 5.41) is 4.13. The van der Waals surface area contributed by atoms with Gasteiger partial charge in [-0.05, 0) is 36.4 Å². The van der Waals surface area contributed by atoms with Crippen molar-refractivity contribution in [2.45, 2.75) is 0 Å². The van der Waals surface area contributed by atoms with E-state index in [-0.39, 0.29) is 11.7 Å². The Bertz CT molecular complexity index is 738. The summed E-state index contributed by atoms with van der Waals surface area (Å²) < 4.78 is 5.47. The maximum Gasteiger partial charge on any atom is 0.291 e. The van der Waals surface area contributed by atoms with Gasteiger partial charge in [0.2, 0.25) is 0 Å². The number of fused-ring (bicyclic) bond motifs is 1. The van der Waals surface area contributed by atoms with Crippen LogP contribution in [-0.2, 0) is 0 Å². The second-order valence-corrected chi connectivity index (χ2v) is 4.42. The lowest BCUT2D eigenvalue weighted by atomic mass is 10.2. The summed E-state index contributed by atoms with van der Waals surface area (Å²) in [4.78, 5) is 15.9. The molecule has 4 nitrogen and oxygen atoms in total. The number of aromatic nitrogens is 1. The maximum absolute atomic E-state index is 12.0. The van der Waals surface area contributed by atoms with E-state index >= 15 is 0 Å². The zero-order chi connectivity index (χ0) is 13.2. The number of furan rings is 1. The Kier molecular flexibility index (Phi) is 2.93. The van der Waals surface area contributed by atoms with Crippen LogP contribution in [0, 0.1) is 0 Å². The third-order valence-corrected chi connectivity index (χ3v) is 2.88. The van der Waals surface area contributed by atoms with Gasteiger partial charge in [0.05, 0.1) is 0 Å². The molecule has 5 heteroatoms. The SMILES string of the molecule is O=C(Nc1ccncc1)c1cc2cc(Cl)ccc2o1. The van der Waals surface area contributed by atoms with Crippen LogP contribution in [0.1, 0.15) is 10.6 Å². The first kappa shape index (κ1) is 11.7. The Labute approximate surface area is 114 Å². The number of hydrogen-bond acceptors (Lipinski definition) is 3. The summed E-state index contributed by atoms with van der Waals surface area (Å²) in [6.07, 6.45) is 3.21. The Morgan fingerprint density at radius 1 is 1.16 bits per heavy atom. The molecular formula is C14H9ClN2O2. The van der Waals surface area contributed by atoms with Gasteiger partial charge in [-0.15, -0.1) is 0 Å². The highest BCUT2D eigenvalue weighted by atomic mass is 35.5. The molecule has 2 heterocycles. The van der Waals surface area contributed by atoms with E-state index in [0.29, 0.717) is 16.3 Å². The number of halogens is 1. The molecule has 2 aromatic heterocycles. The number of anilines is 1. The van der Waals surface area contributed by atoms with Crippen molar-refractivity contribution in [3.8, 4) is 0 Å².